The van der Waals surface area contributed by atoms with Crippen LogP contribution in [-0.2, 0) is 0 Å². The van der Waals surface area contributed by atoms with E-state index in [2.05, 4.69) is 18.2 Å². The smallest absolute Gasteiger partial charge is 0.129 e. The summed E-state index contributed by atoms with van der Waals surface area (Å²) in [5, 5.41) is 3.00. The number of terminal acetylenes is 1. The van der Waals surface area contributed by atoms with Crippen molar-refractivity contribution in [1.29, 1.82) is 0 Å². The first kappa shape index (κ1) is 11.5. The maximum Gasteiger partial charge on any atom is 0.129 e. The number of rotatable bonds is 2. The Bertz CT molecular complexity index is 327. The molecule has 0 amide bonds. The molecule has 0 bridgehead atoms. The second kappa shape index (κ2) is 5.32. The predicted octanol–water partition coefficient (Wildman–Crippen LogP) is 1.56. The fourth-order valence-electron chi connectivity index (χ4n) is 1.13. The van der Waals surface area contributed by atoms with Gasteiger partial charge in [-0.1, -0.05) is 0 Å². The molecule has 80 valence electrons. The van der Waals surface area contributed by atoms with E-state index in [9.17, 15) is 8.78 Å². The molecule has 2 nitrogen and oxygen atoms in total. The van der Waals surface area contributed by atoms with Crippen LogP contribution in [0.3, 0.4) is 0 Å². The van der Waals surface area contributed by atoms with Crippen molar-refractivity contribution in [1.82, 2.24) is 5.32 Å². The largest absolute Gasteiger partial charge is 0.488 e. The number of ether oxygens (including phenoxy) is 1. The molecule has 1 aliphatic heterocycles. The summed E-state index contributed by atoms with van der Waals surface area (Å²) in [6.45, 7) is 1.47. The summed E-state index contributed by atoms with van der Waals surface area (Å²) in [5.41, 5.74) is 0. The van der Waals surface area contributed by atoms with Crippen molar-refractivity contribution in [3.63, 3.8) is 0 Å². The van der Waals surface area contributed by atoms with Gasteiger partial charge in [-0.25, -0.2) is 8.78 Å². The van der Waals surface area contributed by atoms with Crippen LogP contribution in [0.15, 0.2) is 18.2 Å². The van der Waals surface area contributed by atoms with Gasteiger partial charge in [0.25, 0.3) is 0 Å². The lowest BCUT2D eigenvalue weighted by Gasteiger charge is -2.27. The van der Waals surface area contributed by atoms with E-state index in [0.29, 0.717) is 0 Å². The summed E-state index contributed by atoms with van der Waals surface area (Å²) in [7, 11) is 0. The molecular formula is C11H11F2NO. The normalized spacial score (nSPS) is 14.7. The quantitative estimate of drug-likeness (QED) is 0.750. The summed E-state index contributed by atoms with van der Waals surface area (Å²) in [6, 6.07) is 3.19. The van der Waals surface area contributed by atoms with Crippen LogP contribution in [0.1, 0.15) is 0 Å². The zero-order valence-electron chi connectivity index (χ0n) is 8.04. The molecule has 1 fully saturated rings. The molecule has 2 rings (SSSR count). The molecule has 4 heteroatoms. The van der Waals surface area contributed by atoms with Crippen molar-refractivity contribution in [2.75, 3.05) is 13.1 Å². The lowest BCUT2D eigenvalue weighted by molar-refractivity contribution is 0.141. The molecule has 0 atom stereocenters. The molecule has 0 aliphatic carbocycles. The van der Waals surface area contributed by atoms with Gasteiger partial charge in [0.05, 0.1) is 0 Å². The van der Waals surface area contributed by atoms with Gasteiger partial charge >= 0.3 is 0 Å². The molecule has 1 saturated heterocycles. The zero-order chi connectivity index (χ0) is 11.3. The van der Waals surface area contributed by atoms with Gasteiger partial charge in [-0.15, -0.1) is 12.8 Å². The monoisotopic (exact) mass is 211 g/mol. The lowest BCUT2D eigenvalue weighted by Crippen LogP contribution is -2.50. The second-order valence-electron chi connectivity index (χ2n) is 3.00. The van der Waals surface area contributed by atoms with Gasteiger partial charge in [0.1, 0.15) is 23.5 Å². The van der Waals surface area contributed by atoms with E-state index in [1.807, 2.05) is 0 Å². The third-order valence-corrected chi connectivity index (χ3v) is 1.88. The van der Waals surface area contributed by atoms with Crippen molar-refractivity contribution in [3.8, 4) is 18.6 Å². The molecule has 1 aliphatic rings. The average Bonchev–Trinajstić information content (AvgIpc) is 2.13. The average molecular weight is 211 g/mol. The standard InChI is InChI=1S/C9H9F2NO.C2H2/c10-6-1-7(11)3-8(2-6)13-9-4-12-5-9;1-2/h1-3,9,12H,4-5H2;1-2H. The predicted molar refractivity (Wildman–Crippen MR) is 53.5 cm³/mol. The van der Waals surface area contributed by atoms with Crippen LogP contribution in [0.5, 0.6) is 5.75 Å². The first-order chi connectivity index (χ1) is 7.24. The first-order valence-corrected chi connectivity index (χ1v) is 4.41. The minimum absolute atomic E-state index is 0.0428. The second-order valence-corrected chi connectivity index (χ2v) is 3.00. The number of hydrogen-bond donors (Lipinski definition) is 1. The number of nitrogens with one attached hydrogen (secondary N) is 1. The minimum Gasteiger partial charge on any atom is -0.488 e. The third kappa shape index (κ3) is 3.22. The molecule has 0 unspecified atom stereocenters. The highest BCUT2D eigenvalue weighted by atomic mass is 19.1. The Balaban J connectivity index is 0.000000531. The maximum absolute atomic E-state index is 12.7. The van der Waals surface area contributed by atoms with Gasteiger partial charge in [-0.3, -0.25) is 0 Å². The van der Waals surface area contributed by atoms with Crippen molar-refractivity contribution < 1.29 is 13.5 Å². The highest BCUT2D eigenvalue weighted by Crippen LogP contribution is 2.17. The Morgan fingerprint density at radius 3 is 2.07 bits per heavy atom. The van der Waals surface area contributed by atoms with E-state index < -0.39 is 11.6 Å². The Morgan fingerprint density at radius 1 is 1.13 bits per heavy atom. The lowest BCUT2D eigenvalue weighted by atomic mass is 10.2. The van der Waals surface area contributed by atoms with Crippen LogP contribution in [0.25, 0.3) is 0 Å². The summed E-state index contributed by atoms with van der Waals surface area (Å²) in [4.78, 5) is 0. The molecule has 1 aromatic rings. The fourth-order valence-corrected chi connectivity index (χ4v) is 1.13. The van der Waals surface area contributed by atoms with Crippen molar-refractivity contribution in [3.05, 3.63) is 29.8 Å². The van der Waals surface area contributed by atoms with Gasteiger partial charge in [-0.05, 0) is 0 Å². The number of halogens is 2. The number of benzene rings is 1. The SMILES string of the molecule is C#C.Fc1cc(F)cc(OC2CNC2)c1. The molecule has 0 radical (unpaired) electrons. The van der Waals surface area contributed by atoms with Crippen molar-refractivity contribution >= 4 is 0 Å². The van der Waals surface area contributed by atoms with Gasteiger partial charge in [0.15, 0.2) is 0 Å². The van der Waals surface area contributed by atoms with Gasteiger partial charge < -0.3 is 10.1 Å². The molecule has 15 heavy (non-hydrogen) atoms. The Morgan fingerprint density at radius 2 is 1.67 bits per heavy atom. The third-order valence-electron chi connectivity index (χ3n) is 1.88. The summed E-state index contributed by atoms with van der Waals surface area (Å²) in [5.74, 6) is -0.964. The highest BCUT2D eigenvalue weighted by molar-refractivity contribution is 5.24. The molecule has 0 spiro atoms. The van der Waals surface area contributed by atoms with Crippen LogP contribution in [0.2, 0.25) is 0 Å². The Hall–Kier alpha value is -1.60. The minimum atomic E-state index is -0.609. The topological polar surface area (TPSA) is 21.3 Å². The van der Waals surface area contributed by atoms with E-state index in [0.717, 1.165) is 19.2 Å². The molecule has 0 aromatic heterocycles. The molecule has 1 heterocycles. The summed E-state index contributed by atoms with van der Waals surface area (Å²) in [6.07, 6.45) is 8.04. The highest BCUT2D eigenvalue weighted by Gasteiger charge is 2.18. The van der Waals surface area contributed by atoms with Crippen LogP contribution in [0, 0.1) is 24.5 Å². The van der Waals surface area contributed by atoms with Gasteiger partial charge in [-0.2, -0.15) is 0 Å². The maximum atomic E-state index is 12.7. The van der Waals surface area contributed by atoms with Crippen LogP contribution < -0.4 is 10.1 Å². The molecule has 0 saturated carbocycles. The summed E-state index contributed by atoms with van der Waals surface area (Å²) >= 11 is 0. The molecule has 1 aromatic carbocycles. The van der Waals surface area contributed by atoms with Crippen LogP contribution in [0.4, 0.5) is 8.78 Å². The van der Waals surface area contributed by atoms with Crippen LogP contribution >= 0.6 is 0 Å². The van der Waals surface area contributed by atoms with E-state index in [-0.39, 0.29) is 11.9 Å². The van der Waals surface area contributed by atoms with E-state index in [1.54, 1.807) is 0 Å². The Labute approximate surface area is 87.2 Å². The van der Waals surface area contributed by atoms with E-state index in [1.165, 1.54) is 12.1 Å². The Kier molecular flexibility index (Phi) is 4.07. The molecular weight excluding hydrogens is 200 g/mol. The summed E-state index contributed by atoms with van der Waals surface area (Å²) < 4.78 is 30.6. The van der Waals surface area contributed by atoms with E-state index in [4.69, 9.17) is 4.74 Å². The molecule has 1 N–H and O–H groups in total. The number of hydrogen-bond acceptors (Lipinski definition) is 2. The van der Waals surface area contributed by atoms with Gasteiger partial charge in [0, 0.05) is 31.3 Å². The van der Waals surface area contributed by atoms with E-state index >= 15 is 0 Å². The fraction of sp³-hybridized carbons (Fsp3) is 0.273. The van der Waals surface area contributed by atoms with Gasteiger partial charge in [0.2, 0.25) is 0 Å². The zero-order valence-corrected chi connectivity index (χ0v) is 8.04. The first-order valence-electron chi connectivity index (χ1n) is 4.41. The van der Waals surface area contributed by atoms with Crippen molar-refractivity contribution in [2.45, 2.75) is 6.10 Å². The van der Waals surface area contributed by atoms with Crippen LogP contribution in [-0.4, -0.2) is 19.2 Å². The van der Waals surface area contributed by atoms with Crippen molar-refractivity contribution in [2.24, 2.45) is 0 Å².